The van der Waals surface area contributed by atoms with Gasteiger partial charge < -0.3 is 81.1 Å². The zero-order valence-corrected chi connectivity index (χ0v) is 41.7. The van der Waals surface area contributed by atoms with Crippen LogP contribution in [0.1, 0.15) is 84.6 Å². The second-order valence-electron chi connectivity index (χ2n) is 19.4. The van der Waals surface area contributed by atoms with Crippen LogP contribution in [0.4, 0.5) is 0 Å². The molecule has 0 radical (unpaired) electrons. The summed E-state index contributed by atoms with van der Waals surface area (Å²) in [6.45, 7) is 6.91. The summed E-state index contributed by atoms with van der Waals surface area (Å²) in [7, 11) is 0. The second-order valence-corrected chi connectivity index (χ2v) is 19.4. The first-order valence-corrected chi connectivity index (χ1v) is 25.0. The fraction of sp³-hybridized carbons (Fsp3) is 0.593. The molecule has 402 valence electrons. The number of nitrogens with two attached hydrogens (primary N) is 1. The van der Waals surface area contributed by atoms with Gasteiger partial charge in [-0.3, -0.25) is 9.59 Å². The number of carbonyl (C=O) groups excluding carboxylic acids is 2. The Morgan fingerprint density at radius 2 is 1.28 bits per heavy atom. The van der Waals surface area contributed by atoms with Crippen molar-refractivity contribution in [2.24, 2.45) is 23.5 Å². The smallest absolute Gasteiger partial charge is 0.308 e. The molecule has 2 bridgehead atoms. The van der Waals surface area contributed by atoms with E-state index in [-0.39, 0.29) is 38.1 Å². The maximum atomic E-state index is 14.0. The van der Waals surface area contributed by atoms with E-state index in [0.29, 0.717) is 0 Å². The number of fused-ring (bicyclic) bond motifs is 2. The highest BCUT2D eigenvalue weighted by molar-refractivity contribution is 5.80. The first-order chi connectivity index (χ1) is 34.2. The number of rotatable bonds is 5. The number of allylic oxidation sites excluding steroid dienone is 12. The summed E-state index contributed by atoms with van der Waals surface area (Å²) < 4.78 is 23.8. The van der Waals surface area contributed by atoms with Gasteiger partial charge in [0.25, 0.3) is 0 Å². The van der Waals surface area contributed by atoms with Crippen molar-refractivity contribution < 1.29 is 79.6 Å². The van der Waals surface area contributed by atoms with Crippen molar-refractivity contribution >= 4 is 11.9 Å². The number of ether oxygens (including phenoxy) is 4. The summed E-state index contributed by atoms with van der Waals surface area (Å²) >= 11 is 0. The molecule has 0 aliphatic carbocycles. The maximum Gasteiger partial charge on any atom is 0.308 e. The molecule has 3 aliphatic heterocycles. The molecule has 18 heteroatoms. The van der Waals surface area contributed by atoms with Crippen molar-refractivity contribution in [1.82, 2.24) is 5.32 Å². The Balaban J connectivity index is 1.61. The number of aliphatic hydroxyl groups is 10. The quantitative estimate of drug-likeness (QED) is 0.188. The zero-order valence-electron chi connectivity index (χ0n) is 41.7. The van der Waals surface area contributed by atoms with E-state index in [1.165, 1.54) is 0 Å². The standard InChI is InChI=1S/C54H80N2O16/c1-33-20-16-13-11-9-7-5-6-8-10-12-14-19-23-41(71-53-51(66)48(55)50(65)36(4)70-53)29-45-47(52(67)56-32-37-21-17-15-18-22-37)44(62)31-54(68,72-45)30-40(59)27-43(61)42(60)25-24-38(57)26-39(58)28-46(63)69-35(3)34(2)49(33)64/h5-23,33-36,38-45,47-51,53,57-62,64-66,68H,24-32,55H2,1-4H3,(H,56,67)/b6-5+,9-7+,10-8+,13-11+,14-12+,20-16+,23-19+/t33?,34?,35?,36?,38-,39-,40+,41+,42-,43-,44?,45?,47-,48?,49-,50?,51?,53?,54-/m1/s1. The molecule has 3 heterocycles. The molecule has 2 fully saturated rings. The minimum absolute atomic E-state index is 0.0961. The number of aliphatic hydroxyl groups excluding tert-OH is 9. The minimum atomic E-state index is -2.28. The summed E-state index contributed by atoms with van der Waals surface area (Å²) in [5.41, 5.74) is 6.90. The van der Waals surface area contributed by atoms with Crippen molar-refractivity contribution in [2.75, 3.05) is 0 Å². The molecule has 13 N–H and O–H groups in total. The van der Waals surface area contributed by atoms with E-state index in [1.807, 2.05) is 67.7 Å². The second kappa shape index (κ2) is 30.2. The highest BCUT2D eigenvalue weighted by atomic mass is 16.7. The molecule has 0 spiro atoms. The Morgan fingerprint density at radius 1 is 0.681 bits per heavy atom. The summed E-state index contributed by atoms with van der Waals surface area (Å²) in [5, 5.41) is 113. The number of benzene rings is 1. The maximum absolute atomic E-state index is 14.0. The minimum Gasteiger partial charge on any atom is -0.462 e. The van der Waals surface area contributed by atoms with Crippen molar-refractivity contribution in [3.8, 4) is 0 Å². The summed E-state index contributed by atoms with van der Waals surface area (Å²) in [6, 6.07) is 7.92. The van der Waals surface area contributed by atoms with Crippen molar-refractivity contribution in [2.45, 2.75) is 183 Å². The number of amides is 1. The van der Waals surface area contributed by atoms with Crippen molar-refractivity contribution in [3.63, 3.8) is 0 Å². The van der Waals surface area contributed by atoms with Gasteiger partial charge in [0, 0.05) is 44.1 Å². The van der Waals surface area contributed by atoms with E-state index >= 15 is 0 Å². The molecule has 1 aromatic carbocycles. The molecule has 4 rings (SSSR count). The molecular weight excluding hydrogens is 933 g/mol. The third-order valence-electron chi connectivity index (χ3n) is 13.3. The van der Waals surface area contributed by atoms with Crippen LogP contribution in [-0.4, -0.2) is 160 Å². The predicted octanol–water partition coefficient (Wildman–Crippen LogP) is 1.94. The molecule has 0 saturated carbocycles. The van der Waals surface area contributed by atoms with Crippen molar-refractivity contribution in [1.29, 1.82) is 0 Å². The topological polar surface area (TPSA) is 311 Å². The highest BCUT2D eigenvalue weighted by Gasteiger charge is 2.51. The summed E-state index contributed by atoms with van der Waals surface area (Å²) in [6.07, 6.45) is 4.69. The predicted molar refractivity (Wildman–Crippen MR) is 268 cm³/mol. The van der Waals surface area contributed by atoms with E-state index in [1.54, 1.807) is 75.4 Å². The highest BCUT2D eigenvalue weighted by Crippen LogP contribution is 2.38. The number of nitrogens with one attached hydrogen (secondary N) is 1. The van der Waals surface area contributed by atoms with Crippen LogP contribution in [0.15, 0.2) is 115 Å². The van der Waals surface area contributed by atoms with Gasteiger partial charge in [-0.25, -0.2) is 0 Å². The fourth-order valence-electron chi connectivity index (χ4n) is 8.89. The van der Waals surface area contributed by atoms with E-state index in [9.17, 15) is 60.7 Å². The Bertz CT molecular complexity index is 1990. The fourth-order valence-corrected chi connectivity index (χ4v) is 8.89. The molecule has 1 aromatic rings. The number of hydrogen-bond donors (Lipinski definition) is 12. The van der Waals surface area contributed by atoms with Crippen LogP contribution >= 0.6 is 0 Å². The van der Waals surface area contributed by atoms with Gasteiger partial charge in [-0.15, -0.1) is 0 Å². The van der Waals surface area contributed by atoms with Crippen LogP contribution in [0, 0.1) is 17.8 Å². The lowest BCUT2D eigenvalue weighted by Gasteiger charge is -2.46. The van der Waals surface area contributed by atoms with E-state index in [4.69, 9.17) is 24.7 Å². The average Bonchev–Trinajstić information content (AvgIpc) is 3.32. The van der Waals surface area contributed by atoms with Crippen LogP contribution in [0.25, 0.3) is 0 Å². The van der Waals surface area contributed by atoms with Crippen LogP contribution in [0.2, 0.25) is 0 Å². The number of carbonyl (C=O) groups is 2. The van der Waals surface area contributed by atoms with Crippen LogP contribution in [-0.2, 0) is 35.1 Å². The third-order valence-corrected chi connectivity index (χ3v) is 13.3. The van der Waals surface area contributed by atoms with Gasteiger partial charge in [0.05, 0.1) is 85.5 Å². The molecular formula is C54H80N2O16. The largest absolute Gasteiger partial charge is 0.462 e. The summed E-state index contributed by atoms with van der Waals surface area (Å²) in [4.78, 5) is 26.7. The monoisotopic (exact) mass is 1010 g/mol. The zero-order chi connectivity index (χ0) is 53.0. The van der Waals surface area contributed by atoms with E-state index in [0.717, 1.165) is 5.56 Å². The molecule has 2 saturated heterocycles. The van der Waals surface area contributed by atoms with Crippen LogP contribution in [0.5, 0.6) is 0 Å². The van der Waals surface area contributed by atoms with Gasteiger partial charge in [-0.1, -0.05) is 129 Å². The Morgan fingerprint density at radius 3 is 1.90 bits per heavy atom. The SMILES string of the molecule is CC1OC(O[C@H]2/C=C/C=C/C=C/C=C/C=C/C=C/C=C/C(C)[C@@H](O)C(C)C(C)OC(=O)C[C@H](O)C[C@H](O)CC[C@@H](O)[C@H](O)C[C@H](O)C[C@]3(O)CC(O)[C@@H](C(=O)NCc4ccccc4)C(C2)O3)C(O)C(N)C1O. The Kier molecular flexibility index (Phi) is 25.3. The molecule has 19 atom stereocenters. The van der Waals surface area contributed by atoms with Gasteiger partial charge in [0.2, 0.25) is 5.91 Å². The van der Waals surface area contributed by atoms with E-state index < -0.39 is 147 Å². The first-order valence-electron chi connectivity index (χ1n) is 25.0. The molecule has 18 nitrogen and oxygen atoms in total. The third kappa shape index (κ3) is 19.9. The molecule has 0 aromatic heterocycles. The van der Waals surface area contributed by atoms with Gasteiger partial charge in [0.15, 0.2) is 12.1 Å². The average molecular weight is 1010 g/mol. The van der Waals surface area contributed by atoms with Gasteiger partial charge >= 0.3 is 5.97 Å². The first kappa shape index (κ1) is 60.3. The normalized spacial score (nSPS) is 42.1. The van der Waals surface area contributed by atoms with Gasteiger partial charge in [0.1, 0.15) is 12.2 Å². The number of cyclic esters (lactones) is 1. The number of hydrogen-bond acceptors (Lipinski definition) is 17. The molecule has 10 unspecified atom stereocenters. The lowest BCUT2D eigenvalue weighted by molar-refractivity contribution is -0.307. The molecule has 1 amide bonds. The van der Waals surface area contributed by atoms with Gasteiger partial charge in [-0.2, -0.15) is 0 Å². The van der Waals surface area contributed by atoms with Crippen molar-refractivity contribution in [3.05, 3.63) is 121 Å². The molecule has 3 aliphatic rings. The summed E-state index contributed by atoms with van der Waals surface area (Å²) in [5.74, 6) is -5.64. The lowest BCUT2D eigenvalue weighted by atomic mass is 9.82. The lowest BCUT2D eigenvalue weighted by Crippen LogP contribution is -2.62. The Hall–Kier alpha value is -4.22. The van der Waals surface area contributed by atoms with E-state index in [2.05, 4.69) is 5.32 Å². The van der Waals surface area contributed by atoms with Crippen LogP contribution < -0.4 is 11.1 Å². The molecule has 72 heavy (non-hydrogen) atoms. The Labute approximate surface area is 423 Å². The van der Waals surface area contributed by atoms with Gasteiger partial charge in [-0.05, 0) is 38.7 Å². The van der Waals surface area contributed by atoms with Crippen LogP contribution in [0.3, 0.4) is 0 Å². The number of esters is 1.